The molecule has 2 heteroatoms. The Morgan fingerprint density at radius 1 is 1.75 bits per heavy atom. The highest BCUT2D eigenvalue weighted by molar-refractivity contribution is 5.06. The summed E-state index contributed by atoms with van der Waals surface area (Å²) in [5.74, 6) is 0. The molecule has 0 unspecified atom stereocenters. The fourth-order valence-electron chi connectivity index (χ4n) is 0.850. The Kier molecular flexibility index (Phi) is 1.92. The van der Waals surface area contributed by atoms with Gasteiger partial charge in [-0.3, -0.25) is 0 Å². The van der Waals surface area contributed by atoms with E-state index in [1.54, 1.807) is 0 Å². The largest absolute Gasteiger partial charge is 0.328 e. The highest BCUT2D eigenvalue weighted by atomic mass is 15.4. The van der Waals surface area contributed by atoms with Crippen LogP contribution in [0.4, 0.5) is 0 Å². The summed E-state index contributed by atoms with van der Waals surface area (Å²) in [6.45, 7) is 3.22. The third kappa shape index (κ3) is 1.23. The Balaban J connectivity index is 2.23. The van der Waals surface area contributed by atoms with Gasteiger partial charge < -0.3 is 5.43 Å². The quantitative estimate of drug-likeness (QED) is 0.551. The second-order valence-electron chi connectivity index (χ2n) is 2.05. The maximum atomic E-state index is 3.01. The molecule has 1 heterocycles. The molecule has 1 aliphatic rings. The van der Waals surface area contributed by atoms with Gasteiger partial charge in [0, 0.05) is 12.7 Å². The lowest BCUT2D eigenvalue weighted by atomic mass is 10.2. The smallest absolute Gasteiger partial charge is 0.0375 e. The molecule has 0 radical (unpaired) electrons. The summed E-state index contributed by atoms with van der Waals surface area (Å²) in [5.41, 5.74) is 7.44. The maximum absolute atomic E-state index is 3.01. The van der Waals surface area contributed by atoms with Crippen LogP contribution >= 0.6 is 0 Å². The van der Waals surface area contributed by atoms with Crippen molar-refractivity contribution in [3.8, 4) is 0 Å². The number of rotatable bonds is 2. The molecule has 0 aliphatic carbocycles. The molecular formula is C6H12N2. The minimum Gasteiger partial charge on any atom is -0.328 e. The monoisotopic (exact) mass is 112 g/mol. The van der Waals surface area contributed by atoms with Gasteiger partial charge in [0.25, 0.3) is 0 Å². The molecule has 0 aromatic heterocycles. The van der Waals surface area contributed by atoms with Crippen LogP contribution in [0, 0.1) is 0 Å². The Hall–Kier alpha value is -0.500. The van der Waals surface area contributed by atoms with Crippen molar-refractivity contribution < 1.29 is 0 Å². The van der Waals surface area contributed by atoms with Crippen molar-refractivity contribution in [1.82, 2.24) is 10.9 Å². The zero-order valence-corrected chi connectivity index (χ0v) is 5.20. The van der Waals surface area contributed by atoms with Crippen LogP contribution in [0.1, 0.15) is 19.8 Å². The van der Waals surface area contributed by atoms with Gasteiger partial charge in [-0.1, -0.05) is 13.3 Å². The highest BCUT2D eigenvalue weighted by Gasteiger charge is 1.99. The second kappa shape index (κ2) is 2.72. The van der Waals surface area contributed by atoms with Gasteiger partial charge >= 0.3 is 0 Å². The molecule has 0 amide bonds. The average Bonchev–Trinajstić information content (AvgIpc) is 2.19. The van der Waals surface area contributed by atoms with E-state index in [0.717, 1.165) is 6.54 Å². The molecule has 0 fully saturated rings. The average molecular weight is 112 g/mol. The first-order valence-electron chi connectivity index (χ1n) is 3.10. The van der Waals surface area contributed by atoms with Crippen molar-refractivity contribution in [2.45, 2.75) is 19.8 Å². The molecule has 0 bridgehead atoms. The molecule has 46 valence electrons. The summed E-state index contributed by atoms with van der Waals surface area (Å²) in [4.78, 5) is 0. The van der Waals surface area contributed by atoms with Crippen molar-refractivity contribution in [2.75, 3.05) is 6.54 Å². The second-order valence-corrected chi connectivity index (χ2v) is 2.05. The lowest BCUT2D eigenvalue weighted by molar-refractivity contribution is 0.713. The molecular weight excluding hydrogens is 100 g/mol. The van der Waals surface area contributed by atoms with Gasteiger partial charge in [-0.05, 0) is 12.0 Å². The molecule has 0 atom stereocenters. The SMILES string of the molecule is CCCC1=CNNC1. The van der Waals surface area contributed by atoms with E-state index < -0.39 is 0 Å². The third-order valence-corrected chi connectivity index (χ3v) is 1.26. The number of nitrogens with one attached hydrogen (secondary N) is 2. The van der Waals surface area contributed by atoms with Crippen molar-refractivity contribution in [2.24, 2.45) is 0 Å². The van der Waals surface area contributed by atoms with Crippen LogP contribution in [0.5, 0.6) is 0 Å². The normalized spacial score (nSPS) is 17.9. The first kappa shape index (κ1) is 5.63. The molecule has 2 N–H and O–H groups in total. The van der Waals surface area contributed by atoms with Crippen LogP contribution in [0.15, 0.2) is 11.8 Å². The van der Waals surface area contributed by atoms with Gasteiger partial charge in [-0.15, -0.1) is 0 Å². The predicted octanol–water partition coefficient (Wildman–Crippen LogP) is 0.778. The molecule has 8 heavy (non-hydrogen) atoms. The summed E-state index contributed by atoms with van der Waals surface area (Å²) in [6.07, 6.45) is 4.51. The molecule has 0 aromatic carbocycles. The van der Waals surface area contributed by atoms with Gasteiger partial charge in [-0.25, -0.2) is 5.43 Å². The summed E-state index contributed by atoms with van der Waals surface area (Å²) < 4.78 is 0. The minimum atomic E-state index is 1.02. The first-order valence-corrected chi connectivity index (χ1v) is 3.10. The summed E-state index contributed by atoms with van der Waals surface area (Å²) in [5, 5.41) is 0. The van der Waals surface area contributed by atoms with Gasteiger partial charge in [0.2, 0.25) is 0 Å². The van der Waals surface area contributed by atoms with E-state index >= 15 is 0 Å². The van der Waals surface area contributed by atoms with E-state index in [1.165, 1.54) is 18.4 Å². The van der Waals surface area contributed by atoms with Crippen LogP contribution in [-0.4, -0.2) is 6.54 Å². The van der Waals surface area contributed by atoms with E-state index in [1.807, 2.05) is 6.20 Å². The van der Waals surface area contributed by atoms with E-state index in [0.29, 0.717) is 0 Å². The number of hydrogen-bond acceptors (Lipinski definition) is 2. The summed E-state index contributed by atoms with van der Waals surface area (Å²) in [7, 11) is 0. The minimum absolute atomic E-state index is 1.02. The Morgan fingerprint density at radius 3 is 3.12 bits per heavy atom. The zero-order valence-electron chi connectivity index (χ0n) is 5.20. The fourth-order valence-corrected chi connectivity index (χ4v) is 0.850. The first-order chi connectivity index (χ1) is 3.93. The molecule has 0 saturated heterocycles. The van der Waals surface area contributed by atoms with Gasteiger partial charge in [-0.2, -0.15) is 0 Å². The summed E-state index contributed by atoms with van der Waals surface area (Å²) in [6, 6.07) is 0. The van der Waals surface area contributed by atoms with E-state index in [2.05, 4.69) is 17.8 Å². The lowest BCUT2D eigenvalue weighted by Crippen LogP contribution is -2.20. The topological polar surface area (TPSA) is 24.1 Å². The van der Waals surface area contributed by atoms with Crippen LogP contribution < -0.4 is 10.9 Å². The van der Waals surface area contributed by atoms with Crippen LogP contribution in [0.2, 0.25) is 0 Å². The van der Waals surface area contributed by atoms with Crippen LogP contribution in [0.25, 0.3) is 0 Å². The van der Waals surface area contributed by atoms with Crippen molar-refractivity contribution in [1.29, 1.82) is 0 Å². The van der Waals surface area contributed by atoms with Crippen molar-refractivity contribution in [3.63, 3.8) is 0 Å². The molecule has 0 spiro atoms. The molecule has 1 aliphatic heterocycles. The van der Waals surface area contributed by atoms with Crippen molar-refractivity contribution >= 4 is 0 Å². The Bertz CT molecular complexity index is 96.7. The lowest BCUT2D eigenvalue weighted by Gasteiger charge is -1.92. The standard InChI is InChI=1S/C6H12N2/c1-2-3-6-4-7-8-5-6/h4,7-8H,2-3,5H2,1H3. The third-order valence-electron chi connectivity index (χ3n) is 1.26. The zero-order chi connectivity index (χ0) is 5.82. The van der Waals surface area contributed by atoms with E-state index in [9.17, 15) is 0 Å². The van der Waals surface area contributed by atoms with E-state index in [-0.39, 0.29) is 0 Å². The van der Waals surface area contributed by atoms with Crippen LogP contribution in [0.3, 0.4) is 0 Å². The van der Waals surface area contributed by atoms with Gasteiger partial charge in [0.05, 0.1) is 0 Å². The molecule has 0 aromatic rings. The van der Waals surface area contributed by atoms with Crippen molar-refractivity contribution in [3.05, 3.63) is 11.8 Å². The maximum Gasteiger partial charge on any atom is 0.0375 e. The van der Waals surface area contributed by atoms with Gasteiger partial charge in [0.1, 0.15) is 0 Å². The molecule has 0 saturated carbocycles. The van der Waals surface area contributed by atoms with Gasteiger partial charge in [0.15, 0.2) is 0 Å². The van der Waals surface area contributed by atoms with Crippen LogP contribution in [-0.2, 0) is 0 Å². The molecule has 2 nitrogen and oxygen atoms in total. The number of hydrazine groups is 1. The highest BCUT2D eigenvalue weighted by Crippen LogP contribution is 2.03. The summed E-state index contributed by atoms with van der Waals surface area (Å²) >= 11 is 0. The Morgan fingerprint density at radius 2 is 2.62 bits per heavy atom. The predicted molar refractivity (Wildman–Crippen MR) is 34.1 cm³/mol. The number of hydrogen-bond donors (Lipinski definition) is 2. The molecule has 1 rings (SSSR count). The van der Waals surface area contributed by atoms with E-state index in [4.69, 9.17) is 0 Å². The Labute approximate surface area is 49.9 Å². The fraction of sp³-hybridized carbons (Fsp3) is 0.667.